The largest absolute Gasteiger partial charge is 0.343 e. The van der Waals surface area contributed by atoms with Gasteiger partial charge in [0.15, 0.2) is 0 Å². The van der Waals surface area contributed by atoms with E-state index in [2.05, 4.69) is 5.32 Å². The van der Waals surface area contributed by atoms with Gasteiger partial charge in [0, 0.05) is 5.92 Å². The van der Waals surface area contributed by atoms with Crippen LogP contribution in [0.4, 0.5) is 0 Å². The number of carbonyl (C=O) groups excluding carboxylic acids is 1. The van der Waals surface area contributed by atoms with E-state index in [0.717, 1.165) is 24.7 Å². The summed E-state index contributed by atoms with van der Waals surface area (Å²) in [5.74, 6) is 1.97. The molecule has 0 saturated heterocycles. The predicted octanol–water partition coefficient (Wildman–Crippen LogP) is 0.672. The molecule has 2 saturated carbocycles. The Hall–Kier alpha value is -1.04. The fourth-order valence-electron chi connectivity index (χ4n) is 2.20. The van der Waals surface area contributed by atoms with Gasteiger partial charge in [-0.05, 0) is 31.1 Å². The summed E-state index contributed by atoms with van der Waals surface area (Å²) in [5, 5.41) is 10.9. The molecule has 2 aliphatic carbocycles. The monoisotopic (exact) mass is 164 g/mol. The van der Waals surface area contributed by atoms with Crippen molar-refractivity contribution in [3.05, 3.63) is 0 Å². The van der Waals surface area contributed by atoms with Crippen LogP contribution in [0, 0.1) is 29.1 Å². The zero-order valence-corrected chi connectivity index (χ0v) is 6.92. The number of carbonyl (C=O) groups is 1. The summed E-state index contributed by atoms with van der Waals surface area (Å²) in [6.45, 7) is 0.157. The van der Waals surface area contributed by atoms with Crippen LogP contribution in [-0.4, -0.2) is 12.5 Å². The zero-order chi connectivity index (χ0) is 8.55. The third kappa shape index (κ3) is 1.29. The Kier molecular flexibility index (Phi) is 1.76. The third-order valence-electron chi connectivity index (χ3n) is 2.96. The molecule has 0 bridgehead atoms. The summed E-state index contributed by atoms with van der Waals surface area (Å²) < 4.78 is 0. The first-order valence-corrected chi connectivity index (χ1v) is 4.46. The molecule has 0 spiro atoms. The number of hydrogen-bond acceptors (Lipinski definition) is 2. The lowest BCUT2D eigenvalue weighted by Gasteiger charge is -2.09. The van der Waals surface area contributed by atoms with Crippen molar-refractivity contribution in [3.63, 3.8) is 0 Å². The molecule has 1 amide bonds. The van der Waals surface area contributed by atoms with Gasteiger partial charge >= 0.3 is 0 Å². The van der Waals surface area contributed by atoms with Crippen LogP contribution < -0.4 is 5.32 Å². The predicted molar refractivity (Wildman–Crippen MR) is 42.9 cm³/mol. The molecule has 12 heavy (non-hydrogen) atoms. The molecule has 1 N–H and O–H groups in total. The molecule has 2 rings (SSSR count). The minimum atomic E-state index is 0.0868. The van der Waals surface area contributed by atoms with E-state index in [4.69, 9.17) is 5.26 Å². The van der Waals surface area contributed by atoms with Gasteiger partial charge < -0.3 is 5.32 Å². The molecular weight excluding hydrogens is 152 g/mol. The van der Waals surface area contributed by atoms with Gasteiger partial charge in [0.2, 0.25) is 5.91 Å². The number of amides is 1. The van der Waals surface area contributed by atoms with Crippen molar-refractivity contribution in [2.45, 2.75) is 19.3 Å². The van der Waals surface area contributed by atoms with E-state index in [-0.39, 0.29) is 18.4 Å². The third-order valence-corrected chi connectivity index (χ3v) is 2.96. The first kappa shape index (κ1) is 7.60. The number of nitrogens with one attached hydrogen (secondary N) is 1. The standard InChI is InChI=1S/C9H12N2O/c10-1-2-11-9(12)8-4-6-3-7(6)5-8/h6-8H,2-5H2,(H,11,12). The fraction of sp³-hybridized carbons (Fsp3) is 0.778. The first-order valence-electron chi connectivity index (χ1n) is 4.46. The quantitative estimate of drug-likeness (QED) is 0.610. The van der Waals surface area contributed by atoms with Crippen molar-refractivity contribution in [3.8, 4) is 6.07 Å². The van der Waals surface area contributed by atoms with Gasteiger partial charge in [-0.3, -0.25) is 4.79 Å². The topological polar surface area (TPSA) is 52.9 Å². The minimum absolute atomic E-state index is 0.0868. The van der Waals surface area contributed by atoms with Crippen molar-refractivity contribution >= 4 is 5.91 Å². The minimum Gasteiger partial charge on any atom is -0.343 e. The molecule has 2 atom stereocenters. The van der Waals surface area contributed by atoms with Crippen molar-refractivity contribution in [1.29, 1.82) is 5.26 Å². The number of nitriles is 1. The van der Waals surface area contributed by atoms with Gasteiger partial charge in [-0.1, -0.05) is 0 Å². The SMILES string of the molecule is N#CCNC(=O)C1CC2CC2C1. The first-order chi connectivity index (χ1) is 5.81. The van der Waals surface area contributed by atoms with E-state index in [1.165, 1.54) is 6.42 Å². The molecule has 3 heteroatoms. The summed E-state index contributed by atoms with van der Waals surface area (Å²) in [6.07, 6.45) is 3.45. The molecule has 3 nitrogen and oxygen atoms in total. The lowest BCUT2D eigenvalue weighted by Crippen LogP contribution is -2.30. The highest BCUT2D eigenvalue weighted by atomic mass is 16.1. The summed E-state index contributed by atoms with van der Waals surface area (Å²) in [6, 6.07) is 1.91. The Morgan fingerprint density at radius 2 is 2.08 bits per heavy atom. The number of hydrogen-bond donors (Lipinski definition) is 1. The molecule has 2 fully saturated rings. The molecule has 0 aromatic heterocycles. The van der Waals surface area contributed by atoms with Crippen LogP contribution in [0.3, 0.4) is 0 Å². The maximum absolute atomic E-state index is 11.3. The number of nitrogens with zero attached hydrogens (tertiary/aromatic N) is 1. The second kappa shape index (κ2) is 2.78. The Balaban J connectivity index is 1.78. The maximum atomic E-state index is 11.3. The zero-order valence-electron chi connectivity index (χ0n) is 6.92. The van der Waals surface area contributed by atoms with E-state index in [1.807, 2.05) is 6.07 Å². The summed E-state index contributed by atoms with van der Waals surface area (Å²) >= 11 is 0. The highest BCUT2D eigenvalue weighted by molar-refractivity contribution is 5.79. The Morgan fingerprint density at radius 3 is 2.67 bits per heavy atom. The Morgan fingerprint density at radius 1 is 1.42 bits per heavy atom. The van der Waals surface area contributed by atoms with Crippen LogP contribution in [0.5, 0.6) is 0 Å². The van der Waals surface area contributed by atoms with E-state index in [1.54, 1.807) is 0 Å². The second-order valence-corrected chi connectivity index (χ2v) is 3.80. The summed E-state index contributed by atoms with van der Waals surface area (Å²) in [5.41, 5.74) is 0. The van der Waals surface area contributed by atoms with E-state index >= 15 is 0 Å². The van der Waals surface area contributed by atoms with Crippen LogP contribution in [0.25, 0.3) is 0 Å². The second-order valence-electron chi connectivity index (χ2n) is 3.80. The summed E-state index contributed by atoms with van der Waals surface area (Å²) in [4.78, 5) is 11.3. The van der Waals surface area contributed by atoms with Gasteiger partial charge in [0.05, 0.1) is 6.07 Å². The van der Waals surface area contributed by atoms with Gasteiger partial charge in [-0.25, -0.2) is 0 Å². The van der Waals surface area contributed by atoms with Crippen LogP contribution in [-0.2, 0) is 4.79 Å². The normalized spacial score (nSPS) is 36.8. The average molecular weight is 164 g/mol. The number of rotatable bonds is 2. The highest BCUT2D eigenvalue weighted by Gasteiger charge is 2.47. The average Bonchev–Trinajstić information content (AvgIpc) is 2.69. The van der Waals surface area contributed by atoms with E-state index in [0.29, 0.717) is 0 Å². The van der Waals surface area contributed by atoms with Gasteiger partial charge in [-0.2, -0.15) is 5.26 Å². The van der Waals surface area contributed by atoms with Crippen LogP contribution in [0.1, 0.15) is 19.3 Å². The Bertz CT molecular complexity index is 233. The van der Waals surface area contributed by atoms with Gasteiger partial charge in [0.25, 0.3) is 0 Å². The van der Waals surface area contributed by atoms with Crippen molar-refractivity contribution < 1.29 is 4.79 Å². The maximum Gasteiger partial charge on any atom is 0.223 e. The van der Waals surface area contributed by atoms with Crippen molar-refractivity contribution in [1.82, 2.24) is 5.32 Å². The lowest BCUT2D eigenvalue weighted by atomic mass is 10.0. The molecule has 0 aromatic carbocycles. The molecule has 0 heterocycles. The summed E-state index contributed by atoms with van der Waals surface area (Å²) in [7, 11) is 0. The molecule has 0 aliphatic heterocycles. The molecule has 64 valence electrons. The highest BCUT2D eigenvalue weighted by Crippen LogP contribution is 2.54. The van der Waals surface area contributed by atoms with Crippen molar-refractivity contribution in [2.24, 2.45) is 17.8 Å². The van der Waals surface area contributed by atoms with Gasteiger partial charge in [0.1, 0.15) is 6.54 Å². The van der Waals surface area contributed by atoms with Crippen LogP contribution >= 0.6 is 0 Å². The molecule has 0 radical (unpaired) electrons. The van der Waals surface area contributed by atoms with Crippen molar-refractivity contribution in [2.75, 3.05) is 6.54 Å². The molecule has 0 aromatic rings. The Labute approximate surface area is 71.8 Å². The smallest absolute Gasteiger partial charge is 0.223 e. The van der Waals surface area contributed by atoms with E-state index in [9.17, 15) is 4.79 Å². The molecular formula is C9H12N2O. The molecule has 2 unspecified atom stereocenters. The van der Waals surface area contributed by atoms with E-state index < -0.39 is 0 Å². The number of fused-ring (bicyclic) bond motifs is 1. The fourth-order valence-corrected chi connectivity index (χ4v) is 2.20. The lowest BCUT2D eigenvalue weighted by molar-refractivity contribution is -0.124. The molecule has 2 aliphatic rings. The van der Waals surface area contributed by atoms with Crippen LogP contribution in [0.2, 0.25) is 0 Å². The van der Waals surface area contributed by atoms with Crippen LogP contribution in [0.15, 0.2) is 0 Å². The van der Waals surface area contributed by atoms with Gasteiger partial charge in [-0.15, -0.1) is 0 Å².